The van der Waals surface area contributed by atoms with Crippen molar-refractivity contribution in [1.29, 1.82) is 0 Å². The fraction of sp³-hybridized carbons (Fsp3) is 0.333. The molecule has 2 aromatic carbocycles. The van der Waals surface area contributed by atoms with Crippen molar-refractivity contribution in [2.45, 2.75) is 57.9 Å². The Bertz CT molecular complexity index is 1340. The first kappa shape index (κ1) is 22.1. The van der Waals surface area contributed by atoms with Gasteiger partial charge in [-0.15, -0.1) is 10.2 Å². The third-order valence-corrected chi connectivity index (χ3v) is 6.82. The zero-order valence-electron chi connectivity index (χ0n) is 19.2. The molecule has 0 bridgehead atoms. The highest BCUT2D eigenvalue weighted by Crippen LogP contribution is 2.36. The average Bonchev–Trinajstić information content (AvgIpc) is 3.25. The summed E-state index contributed by atoms with van der Waals surface area (Å²) in [5.74, 6) is 0.320. The molecule has 0 atom stereocenters. The van der Waals surface area contributed by atoms with E-state index in [1.54, 1.807) is 12.1 Å². The molecule has 174 valence electrons. The number of aromatic hydroxyl groups is 1. The molecule has 1 fully saturated rings. The molecule has 1 aliphatic carbocycles. The van der Waals surface area contributed by atoms with Gasteiger partial charge in [-0.25, -0.2) is 9.78 Å². The van der Waals surface area contributed by atoms with Crippen LogP contribution in [0.4, 0.5) is 0 Å². The van der Waals surface area contributed by atoms with Gasteiger partial charge in [0.05, 0.1) is 11.3 Å². The highest BCUT2D eigenvalue weighted by atomic mass is 16.4. The number of aromatic nitrogens is 4. The largest absolute Gasteiger partial charge is 0.491 e. The van der Waals surface area contributed by atoms with Gasteiger partial charge < -0.3 is 14.8 Å². The highest BCUT2D eigenvalue weighted by molar-refractivity contribution is 5.96. The summed E-state index contributed by atoms with van der Waals surface area (Å²) >= 11 is 0. The van der Waals surface area contributed by atoms with Crippen molar-refractivity contribution in [3.8, 4) is 17.0 Å². The van der Waals surface area contributed by atoms with Gasteiger partial charge in [0.2, 0.25) is 0 Å². The van der Waals surface area contributed by atoms with Crippen molar-refractivity contribution in [3.05, 3.63) is 71.2 Å². The van der Waals surface area contributed by atoms with Gasteiger partial charge in [-0.1, -0.05) is 68.7 Å². The number of imidazole rings is 1. The van der Waals surface area contributed by atoms with E-state index in [0.29, 0.717) is 30.0 Å². The molecule has 2 aromatic heterocycles. The van der Waals surface area contributed by atoms with Crippen molar-refractivity contribution in [2.75, 3.05) is 0 Å². The van der Waals surface area contributed by atoms with Crippen molar-refractivity contribution in [3.63, 3.8) is 0 Å². The molecule has 0 aliphatic heterocycles. The van der Waals surface area contributed by atoms with Crippen molar-refractivity contribution in [1.82, 2.24) is 19.7 Å². The lowest BCUT2D eigenvalue weighted by atomic mass is 9.88. The minimum absolute atomic E-state index is 0.0891. The monoisotopic (exact) mass is 456 g/mol. The number of hydrogen-bond acceptors (Lipinski definition) is 5. The van der Waals surface area contributed by atoms with Crippen LogP contribution in [0.25, 0.3) is 22.2 Å². The van der Waals surface area contributed by atoms with E-state index >= 15 is 0 Å². The number of carbonyl (C=O) groups is 1. The van der Waals surface area contributed by atoms with E-state index in [4.69, 9.17) is 4.98 Å². The number of benzene rings is 2. The molecule has 0 saturated heterocycles. The predicted octanol–water partition coefficient (Wildman–Crippen LogP) is 5.56. The molecule has 7 heteroatoms. The first-order valence-corrected chi connectivity index (χ1v) is 11.9. The second-order valence-corrected chi connectivity index (χ2v) is 8.96. The first-order valence-electron chi connectivity index (χ1n) is 11.9. The molecule has 0 unspecified atom stereocenters. The van der Waals surface area contributed by atoms with Crippen LogP contribution in [0.3, 0.4) is 0 Å². The lowest BCUT2D eigenvalue weighted by Crippen LogP contribution is -2.13. The molecule has 4 aromatic rings. The first-order chi connectivity index (χ1) is 16.6. The summed E-state index contributed by atoms with van der Waals surface area (Å²) in [4.78, 5) is 16.6. The molecule has 0 radical (unpaired) electrons. The quantitative estimate of drug-likeness (QED) is 0.394. The van der Waals surface area contributed by atoms with Crippen molar-refractivity contribution >= 4 is 17.0 Å². The number of carboxylic acid groups (broad SMARTS) is 1. The van der Waals surface area contributed by atoms with Gasteiger partial charge in [0.25, 0.3) is 5.88 Å². The topological polar surface area (TPSA) is 101 Å². The Morgan fingerprint density at radius 2 is 1.76 bits per heavy atom. The summed E-state index contributed by atoms with van der Waals surface area (Å²) in [5, 5.41) is 28.4. The molecule has 7 nitrogen and oxygen atoms in total. The summed E-state index contributed by atoms with van der Waals surface area (Å²) in [7, 11) is 0. The third-order valence-electron chi connectivity index (χ3n) is 6.82. The molecule has 2 N–H and O–H groups in total. The minimum Gasteiger partial charge on any atom is -0.491 e. The highest BCUT2D eigenvalue weighted by Gasteiger charge is 2.26. The van der Waals surface area contributed by atoms with E-state index in [1.165, 1.54) is 19.3 Å². The minimum atomic E-state index is -0.940. The summed E-state index contributed by atoms with van der Waals surface area (Å²) in [6.07, 6.45) is 6.52. The normalized spacial score (nSPS) is 14.5. The van der Waals surface area contributed by atoms with Gasteiger partial charge in [-0.3, -0.25) is 0 Å². The number of carboxylic acids is 1. The molecular formula is C27H28N4O3. The number of aromatic carboxylic acids is 1. The Labute approximate surface area is 198 Å². The van der Waals surface area contributed by atoms with Crippen LogP contribution in [0.5, 0.6) is 5.88 Å². The molecular weight excluding hydrogens is 428 g/mol. The zero-order valence-corrected chi connectivity index (χ0v) is 19.2. The van der Waals surface area contributed by atoms with Crippen LogP contribution in [0.1, 0.15) is 72.4 Å². The molecule has 5 rings (SSSR count). The Morgan fingerprint density at radius 3 is 2.47 bits per heavy atom. The van der Waals surface area contributed by atoms with E-state index in [0.717, 1.165) is 41.0 Å². The van der Waals surface area contributed by atoms with Gasteiger partial charge in [-0.2, -0.15) is 0 Å². The SMILES string of the molecule is CCc1nnc(O)c2c1nc(C1CCCCC1)n2Cc1ccc(-c2ccccc2C(=O)O)cc1. The van der Waals surface area contributed by atoms with E-state index in [-0.39, 0.29) is 11.4 Å². The van der Waals surface area contributed by atoms with E-state index in [1.807, 2.05) is 43.3 Å². The van der Waals surface area contributed by atoms with Crippen LogP contribution in [-0.2, 0) is 13.0 Å². The zero-order chi connectivity index (χ0) is 23.7. The predicted molar refractivity (Wildman–Crippen MR) is 130 cm³/mol. The number of hydrogen-bond donors (Lipinski definition) is 2. The third kappa shape index (κ3) is 4.02. The van der Waals surface area contributed by atoms with Crippen LogP contribution in [-0.4, -0.2) is 35.9 Å². The lowest BCUT2D eigenvalue weighted by Gasteiger charge is -2.22. The van der Waals surface area contributed by atoms with Crippen LogP contribution >= 0.6 is 0 Å². The standard InChI is InChI=1S/C27H28N4O3/c1-2-22-23-24(26(32)30-29-22)31(25(28-23)19-8-4-3-5-9-19)16-17-12-14-18(15-13-17)20-10-6-7-11-21(20)27(33)34/h6-7,10-15,19H,2-5,8-9,16H2,1H3,(H,30,32)(H,33,34). The van der Waals surface area contributed by atoms with E-state index in [9.17, 15) is 15.0 Å². The second kappa shape index (κ2) is 9.25. The van der Waals surface area contributed by atoms with Gasteiger partial charge in [-0.05, 0) is 42.0 Å². The number of aryl methyl sites for hydroxylation is 1. The molecule has 0 spiro atoms. The maximum Gasteiger partial charge on any atom is 0.336 e. The summed E-state index contributed by atoms with van der Waals surface area (Å²) < 4.78 is 2.11. The number of fused-ring (bicyclic) bond motifs is 1. The van der Waals surface area contributed by atoms with Gasteiger partial charge in [0, 0.05) is 12.5 Å². The Hall–Kier alpha value is -3.74. The maximum atomic E-state index is 11.6. The average molecular weight is 457 g/mol. The fourth-order valence-electron chi connectivity index (χ4n) is 5.06. The summed E-state index contributed by atoms with van der Waals surface area (Å²) in [6, 6.07) is 15.0. The van der Waals surface area contributed by atoms with E-state index < -0.39 is 5.97 Å². The van der Waals surface area contributed by atoms with Gasteiger partial charge in [0.15, 0.2) is 0 Å². The maximum absolute atomic E-state index is 11.6. The van der Waals surface area contributed by atoms with Crippen molar-refractivity contribution < 1.29 is 15.0 Å². The van der Waals surface area contributed by atoms with Crippen LogP contribution in [0, 0.1) is 0 Å². The Balaban J connectivity index is 1.55. The number of nitrogens with zero attached hydrogens (tertiary/aromatic N) is 4. The Morgan fingerprint density at radius 1 is 1.03 bits per heavy atom. The van der Waals surface area contributed by atoms with Gasteiger partial charge in [0.1, 0.15) is 16.9 Å². The Kier molecular flexibility index (Phi) is 6.01. The fourth-order valence-corrected chi connectivity index (χ4v) is 5.06. The summed E-state index contributed by atoms with van der Waals surface area (Å²) in [6.45, 7) is 2.57. The molecule has 0 amide bonds. The van der Waals surface area contributed by atoms with E-state index in [2.05, 4.69) is 14.8 Å². The summed E-state index contributed by atoms with van der Waals surface area (Å²) in [5.41, 5.74) is 5.05. The van der Waals surface area contributed by atoms with Crippen LogP contribution in [0.2, 0.25) is 0 Å². The number of rotatable bonds is 6. The lowest BCUT2D eigenvalue weighted by molar-refractivity contribution is 0.0697. The molecule has 34 heavy (non-hydrogen) atoms. The van der Waals surface area contributed by atoms with Gasteiger partial charge >= 0.3 is 5.97 Å². The van der Waals surface area contributed by atoms with Crippen molar-refractivity contribution in [2.24, 2.45) is 0 Å². The van der Waals surface area contributed by atoms with Crippen LogP contribution < -0.4 is 0 Å². The molecule has 1 saturated carbocycles. The van der Waals surface area contributed by atoms with Crippen LogP contribution in [0.15, 0.2) is 48.5 Å². The molecule has 1 aliphatic rings. The smallest absolute Gasteiger partial charge is 0.336 e. The molecule has 2 heterocycles. The second-order valence-electron chi connectivity index (χ2n) is 8.96.